The van der Waals surface area contributed by atoms with Crippen LogP contribution in [0.4, 0.5) is 0 Å². The molecule has 0 atom stereocenters. The molecule has 3 rings (SSSR count). The lowest BCUT2D eigenvalue weighted by molar-refractivity contribution is -0.0226. The topological polar surface area (TPSA) is 47.3 Å². The highest BCUT2D eigenvalue weighted by atomic mass is 16.5. The van der Waals surface area contributed by atoms with E-state index in [1.807, 2.05) is 31.2 Å². The van der Waals surface area contributed by atoms with Gasteiger partial charge in [-0.1, -0.05) is 24.3 Å². The quantitative estimate of drug-likeness (QED) is 0.897. The Morgan fingerprint density at radius 2 is 2.06 bits per heavy atom. The molecule has 1 fully saturated rings. The predicted octanol–water partition coefficient (Wildman–Crippen LogP) is 1.92. The molecule has 1 aliphatic heterocycles. The lowest BCUT2D eigenvalue weighted by Gasteiger charge is -2.28. The van der Waals surface area contributed by atoms with Crippen LogP contribution in [0.15, 0.2) is 30.5 Å². The van der Waals surface area contributed by atoms with Gasteiger partial charge in [-0.2, -0.15) is 0 Å². The molecule has 2 heterocycles. The molecule has 94 valence electrons. The summed E-state index contributed by atoms with van der Waals surface area (Å²) < 4.78 is 7.43. The van der Waals surface area contributed by atoms with Gasteiger partial charge in [0.05, 0.1) is 31.6 Å². The van der Waals surface area contributed by atoms with E-state index in [2.05, 4.69) is 15.7 Å². The lowest BCUT2D eigenvalue weighted by atomic mass is 10.1. The Morgan fingerprint density at radius 3 is 2.61 bits per heavy atom. The number of aryl methyl sites for hydroxylation is 1. The minimum absolute atomic E-state index is 0.0736. The smallest absolute Gasteiger partial charge is 0.140 e. The molecule has 0 saturated carbocycles. The molecule has 0 unspecified atom stereocenters. The molecule has 0 spiro atoms. The third kappa shape index (κ3) is 1.94. The summed E-state index contributed by atoms with van der Waals surface area (Å²) in [4.78, 5) is 4.58. The summed E-state index contributed by atoms with van der Waals surface area (Å²) >= 11 is 0. The highest BCUT2D eigenvalue weighted by Gasteiger charge is 2.23. The molecule has 0 radical (unpaired) electrons. The van der Waals surface area contributed by atoms with Crippen LogP contribution in [0.25, 0.3) is 11.4 Å². The summed E-state index contributed by atoms with van der Waals surface area (Å²) in [7, 11) is 0. The van der Waals surface area contributed by atoms with Gasteiger partial charge < -0.3 is 14.4 Å². The molecule has 4 nitrogen and oxygen atoms in total. The molecular formula is C14H16N2O2. The maximum Gasteiger partial charge on any atom is 0.140 e. The number of ether oxygens (including phenoxy) is 1. The zero-order chi connectivity index (χ0) is 12.5. The minimum Gasteiger partial charge on any atom is -0.392 e. The Balaban J connectivity index is 1.98. The van der Waals surface area contributed by atoms with Gasteiger partial charge in [-0.3, -0.25) is 0 Å². The van der Waals surface area contributed by atoms with Crippen molar-refractivity contribution in [1.29, 1.82) is 0 Å². The van der Waals surface area contributed by atoms with E-state index in [0.717, 1.165) is 35.9 Å². The molecule has 0 aliphatic carbocycles. The Hall–Kier alpha value is -1.65. The van der Waals surface area contributed by atoms with Crippen LogP contribution in [0.2, 0.25) is 0 Å². The van der Waals surface area contributed by atoms with Crippen molar-refractivity contribution in [2.24, 2.45) is 0 Å². The second-order valence-corrected chi connectivity index (χ2v) is 4.66. The molecular weight excluding hydrogens is 228 g/mol. The monoisotopic (exact) mass is 244 g/mol. The number of benzene rings is 1. The summed E-state index contributed by atoms with van der Waals surface area (Å²) in [5, 5.41) is 9.06. The molecule has 18 heavy (non-hydrogen) atoms. The molecule has 1 aromatic carbocycles. The largest absolute Gasteiger partial charge is 0.392 e. The van der Waals surface area contributed by atoms with Gasteiger partial charge in [0.15, 0.2) is 0 Å². The van der Waals surface area contributed by atoms with Gasteiger partial charge in [0.25, 0.3) is 0 Å². The molecule has 1 aromatic heterocycles. The van der Waals surface area contributed by atoms with Crippen molar-refractivity contribution in [1.82, 2.24) is 9.55 Å². The normalized spacial score (nSPS) is 15.7. The zero-order valence-corrected chi connectivity index (χ0v) is 10.3. The van der Waals surface area contributed by atoms with Crippen molar-refractivity contribution in [3.8, 4) is 11.4 Å². The summed E-state index contributed by atoms with van der Waals surface area (Å²) in [5.74, 6) is 0.977. The summed E-state index contributed by atoms with van der Waals surface area (Å²) in [6.45, 7) is 3.60. The van der Waals surface area contributed by atoms with Crippen molar-refractivity contribution < 1.29 is 9.84 Å². The number of hydrogen-bond donors (Lipinski definition) is 1. The van der Waals surface area contributed by atoms with E-state index in [4.69, 9.17) is 9.84 Å². The zero-order valence-electron chi connectivity index (χ0n) is 10.3. The van der Waals surface area contributed by atoms with E-state index in [9.17, 15) is 0 Å². The predicted molar refractivity (Wildman–Crippen MR) is 68.2 cm³/mol. The van der Waals surface area contributed by atoms with E-state index in [0.29, 0.717) is 6.04 Å². The second-order valence-electron chi connectivity index (χ2n) is 4.66. The first kappa shape index (κ1) is 11.4. The average molecular weight is 244 g/mol. The highest BCUT2D eigenvalue weighted by molar-refractivity contribution is 5.56. The van der Waals surface area contributed by atoms with E-state index < -0.39 is 0 Å². The van der Waals surface area contributed by atoms with Crippen LogP contribution in [0.5, 0.6) is 0 Å². The van der Waals surface area contributed by atoms with Crippen LogP contribution in [-0.4, -0.2) is 27.9 Å². The highest BCUT2D eigenvalue weighted by Crippen LogP contribution is 2.26. The van der Waals surface area contributed by atoms with Crippen molar-refractivity contribution in [3.63, 3.8) is 0 Å². The van der Waals surface area contributed by atoms with Crippen LogP contribution in [0.3, 0.4) is 0 Å². The minimum atomic E-state index is 0.0736. The molecule has 2 aromatic rings. The second kappa shape index (κ2) is 4.55. The van der Waals surface area contributed by atoms with Crippen LogP contribution < -0.4 is 0 Å². The number of aromatic nitrogens is 2. The van der Waals surface area contributed by atoms with E-state index >= 15 is 0 Å². The van der Waals surface area contributed by atoms with Gasteiger partial charge >= 0.3 is 0 Å². The van der Waals surface area contributed by atoms with Gasteiger partial charge in [0.2, 0.25) is 0 Å². The van der Waals surface area contributed by atoms with Crippen LogP contribution in [0.1, 0.15) is 17.3 Å². The van der Waals surface area contributed by atoms with Crippen LogP contribution in [0, 0.1) is 6.92 Å². The fourth-order valence-electron chi connectivity index (χ4n) is 2.15. The van der Waals surface area contributed by atoms with Gasteiger partial charge in [0, 0.05) is 11.8 Å². The maximum absolute atomic E-state index is 9.06. The average Bonchev–Trinajstić information content (AvgIpc) is 2.69. The number of hydrogen-bond acceptors (Lipinski definition) is 3. The molecule has 4 heteroatoms. The number of nitrogens with zero attached hydrogens (tertiary/aromatic N) is 2. The first-order valence-electron chi connectivity index (χ1n) is 6.11. The fraction of sp³-hybridized carbons (Fsp3) is 0.357. The molecule has 0 bridgehead atoms. The maximum atomic E-state index is 9.06. The van der Waals surface area contributed by atoms with Gasteiger partial charge in [-0.05, 0) is 12.5 Å². The third-order valence-corrected chi connectivity index (χ3v) is 3.26. The van der Waals surface area contributed by atoms with Gasteiger partial charge in [-0.25, -0.2) is 4.98 Å². The SMILES string of the molecule is Cc1cn(C2COC2)c(-c2ccc(CO)cc2)n1. The Morgan fingerprint density at radius 1 is 1.33 bits per heavy atom. The fourth-order valence-corrected chi connectivity index (χ4v) is 2.15. The van der Waals surface area contributed by atoms with Crippen molar-refractivity contribution in [3.05, 3.63) is 41.7 Å². The van der Waals surface area contributed by atoms with E-state index in [-0.39, 0.29) is 6.61 Å². The molecule has 1 aliphatic rings. The Bertz CT molecular complexity index is 541. The number of aliphatic hydroxyl groups excluding tert-OH is 1. The Kier molecular flexibility index (Phi) is 2.89. The van der Waals surface area contributed by atoms with E-state index in [1.54, 1.807) is 0 Å². The van der Waals surface area contributed by atoms with Crippen LogP contribution >= 0.6 is 0 Å². The van der Waals surface area contributed by atoms with Crippen molar-refractivity contribution in [2.75, 3.05) is 13.2 Å². The standard InChI is InChI=1S/C14H16N2O2/c1-10-6-16(13-8-18-9-13)14(15-10)12-4-2-11(7-17)3-5-12/h2-6,13,17H,7-9H2,1H3. The first-order chi connectivity index (χ1) is 8.78. The van der Waals surface area contributed by atoms with Gasteiger partial charge in [0.1, 0.15) is 5.82 Å². The number of imidazole rings is 1. The van der Waals surface area contributed by atoms with Crippen molar-refractivity contribution in [2.45, 2.75) is 19.6 Å². The first-order valence-corrected chi connectivity index (χ1v) is 6.11. The van der Waals surface area contributed by atoms with Crippen LogP contribution in [-0.2, 0) is 11.3 Å². The number of aliphatic hydroxyl groups is 1. The Labute approximate surface area is 106 Å². The van der Waals surface area contributed by atoms with Crippen molar-refractivity contribution >= 4 is 0 Å². The molecule has 1 saturated heterocycles. The third-order valence-electron chi connectivity index (χ3n) is 3.26. The summed E-state index contributed by atoms with van der Waals surface area (Å²) in [6, 6.07) is 8.27. The lowest BCUT2D eigenvalue weighted by Crippen LogP contribution is -2.30. The number of rotatable bonds is 3. The molecule has 0 amide bonds. The summed E-state index contributed by atoms with van der Waals surface area (Å²) in [5.41, 5.74) is 3.01. The summed E-state index contributed by atoms with van der Waals surface area (Å²) in [6.07, 6.45) is 2.07. The van der Waals surface area contributed by atoms with Gasteiger partial charge in [-0.15, -0.1) is 0 Å². The molecule has 1 N–H and O–H groups in total. The van der Waals surface area contributed by atoms with E-state index in [1.165, 1.54) is 0 Å².